The first-order chi connectivity index (χ1) is 11.8. The third kappa shape index (κ3) is 4.40. The number of nitrogens with one attached hydrogen (secondary N) is 1. The largest absolute Gasteiger partial charge is 0.416 e. The second-order valence-electron chi connectivity index (χ2n) is 5.20. The van der Waals surface area contributed by atoms with Crippen LogP contribution in [0.25, 0.3) is 0 Å². The van der Waals surface area contributed by atoms with Crippen molar-refractivity contribution in [2.45, 2.75) is 12.7 Å². The summed E-state index contributed by atoms with van der Waals surface area (Å²) >= 11 is 7.04. The van der Waals surface area contributed by atoms with Crippen LogP contribution >= 0.6 is 22.9 Å². The molecular formula is C16H11ClF3N3OS. The molecule has 2 aromatic heterocycles. The van der Waals surface area contributed by atoms with Gasteiger partial charge in [0.2, 0.25) is 0 Å². The summed E-state index contributed by atoms with van der Waals surface area (Å²) < 4.78 is 39.2. The Balaban J connectivity index is 1.65. The van der Waals surface area contributed by atoms with Crippen molar-refractivity contribution in [2.75, 3.05) is 5.32 Å². The van der Waals surface area contributed by atoms with Gasteiger partial charge in [-0.15, -0.1) is 11.3 Å². The molecule has 0 fully saturated rings. The molecule has 3 rings (SSSR count). The van der Waals surface area contributed by atoms with E-state index in [0.29, 0.717) is 22.1 Å². The van der Waals surface area contributed by atoms with Gasteiger partial charge in [0.1, 0.15) is 0 Å². The quantitative estimate of drug-likeness (QED) is 0.693. The second kappa shape index (κ2) is 6.89. The number of amides is 1. The lowest BCUT2D eigenvalue weighted by atomic mass is 10.2. The van der Waals surface area contributed by atoms with E-state index < -0.39 is 11.7 Å². The zero-order valence-corrected chi connectivity index (χ0v) is 14.1. The molecular weight excluding hydrogens is 375 g/mol. The standard InChI is InChI=1S/C16H11ClF3N3OS/c17-12-6-21-23(8-12)7-10-5-14(25-9-10)15(24)22-13-3-1-11(2-4-13)16(18,19)20/h1-6,8-9H,7H2,(H,22,24). The number of rotatable bonds is 4. The zero-order valence-electron chi connectivity index (χ0n) is 12.5. The predicted octanol–water partition coefficient (Wildman–Crippen LogP) is 4.92. The highest BCUT2D eigenvalue weighted by Crippen LogP contribution is 2.30. The topological polar surface area (TPSA) is 46.9 Å². The van der Waals surface area contributed by atoms with Gasteiger partial charge in [0.05, 0.1) is 28.2 Å². The van der Waals surface area contributed by atoms with Crippen LogP contribution in [-0.2, 0) is 12.7 Å². The summed E-state index contributed by atoms with van der Waals surface area (Å²) in [5.74, 6) is -0.380. The summed E-state index contributed by atoms with van der Waals surface area (Å²) in [4.78, 5) is 12.7. The molecule has 25 heavy (non-hydrogen) atoms. The minimum atomic E-state index is -4.40. The fourth-order valence-corrected chi connectivity index (χ4v) is 3.08. The van der Waals surface area contributed by atoms with Gasteiger partial charge in [-0.25, -0.2) is 0 Å². The number of hydrogen-bond donors (Lipinski definition) is 1. The Kier molecular flexibility index (Phi) is 4.82. The average molecular weight is 386 g/mol. The molecule has 0 saturated heterocycles. The highest BCUT2D eigenvalue weighted by molar-refractivity contribution is 7.12. The highest BCUT2D eigenvalue weighted by Gasteiger charge is 2.30. The molecule has 0 atom stereocenters. The van der Waals surface area contributed by atoms with E-state index in [-0.39, 0.29) is 5.91 Å². The third-order valence-electron chi connectivity index (χ3n) is 3.29. The summed E-state index contributed by atoms with van der Waals surface area (Å²) in [6, 6.07) is 6.01. The van der Waals surface area contributed by atoms with Crippen LogP contribution in [0.1, 0.15) is 20.8 Å². The van der Waals surface area contributed by atoms with E-state index in [2.05, 4.69) is 10.4 Å². The average Bonchev–Trinajstić information content (AvgIpc) is 3.16. The molecule has 3 aromatic rings. The maximum atomic E-state index is 12.5. The van der Waals surface area contributed by atoms with Crippen molar-refractivity contribution in [1.82, 2.24) is 9.78 Å². The third-order valence-corrected chi connectivity index (χ3v) is 4.47. The van der Waals surface area contributed by atoms with Crippen molar-refractivity contribution in [1.29, 1.82) is 0 Å². The monoisotopic (exact) mass is 385 g/mol. The van der Waals surface area contributed by atoms with Crippen LogP contribution in [0.3, 0.4) is 0 Å². The fraction of sp³-hybridized carbons (Fsp3) is 0.125. The van der Waals surface area contributed by atoms with Crippen LogP contribution in [0.2, 0.25) is 5.02 Å². The van der Waals surface area contributed by atoms with Gasteiger partial charge in [0.15, 0.2) is 0 Å². The first kappa shape index (κ1) is 17.5. The summed E-state index contributed by atoms with van der Waals surface area (Å²) in [7, 11) is 0. The van der Waals surface area contributed by atoms with E-state index in [4.69, 9.17) is 11.6 Å². The van der Waals surface area contributed by atoms with E-state index in [1.807, 2.05) is 5.38 Å². The first-order valence-corrected chi connectivity index (χ1v) is 8.31. The molecule has 1 N–H and O–H groups in total. The van der Waals surface area contributed by atoms with Crippen molar-refractivity contribution in [3.8, 4) is 0 Å². The molecule has 0 unspecified atom stereocenters. The van der Waals surface area contributed by atoms with Crippen molar-refractivity contribution in [3.63, 3.8) is 0 Å². The summed E-state index contributed by atoms with van der Waals surface area (Å²) in [6.07, 6.45) is -1.21. The number of benzene rings is 1. The molecule has 9 heteroatoms. The van der Waals surface area contributed by atoms with Gasteiger partial charge in [0, 0.05) is 11.9 Å². The SMILES string of the molecule is O=C(Nc1ccc(C(F)(F)F)cc1)c1cc(Cn2cc(Cl)cn2)cs1. The van der Waals surface area contributed by atoms with E-state index >= 15 is 0 Å². The molecule has 0 radical (unpaired) electrons. The summed E-state index contributed by atoms with van der Waals surface area (Å²) in [6.45, 7) is 0.469. The maximum Gasteiger partial charge on any atom is 0.416 e. The number of carbonyl (C=O) groups excluding carboxylic acids is 1. The van der Waals surface area contributed by atoms with Crippen molar-refractivity contribution in [2.24, 2.45) is 0 Å². The van der Waals surface area contributed by atoms with Crippen molar-refractivity contribution < 1.29 is 18.0 Å². The van der Waals surface area contributed by atoms with Crippen molar-refractivity contribution in [3.05, 3.63) is 69.1 Å². The second-order valence-corrected chi connectivity index (χ2v) is 6.55. The van der Waals surface area contributed by atoms with E-state index in [1.165, 1.54) is 29.7 Å². The van der Waals surface area contributed by atoms with Gasteiger partial charge in [-0.1, -0.05) is 11.6 Å². The number of halogens is 4. The number of thiophene rings is 1. The number of anilines is 1. The van der Waals surface area contributed by atoms with Crippen LogP contribution in [-0.4, -0.2) is 15.7 Å². The highest BCUT2D eigenvalue weighted by atomic mass is 35.5. The normalized spacial score (nSPS) is 11.5. The van der Waals surface area contributed by atoms with Crippen molar-refractivity contribution >= 4 is 34.5 Å². The van der Waals surface area contributed by atoms with Gasteiger partial charge in [-0.05, 0) is 41.3 Å². The van der Waals surface area contributed by atoms with Crippen LogP contribution in [0.5, 0.6) is 0 Å². The van der Waals surface area contributed by atoms with Gasteiger partial charge in [0.25, 0.3) is 5.91 Å². The zero-order chi connectivity index (χ0) is 18.0. The first-order valence-electron chi connectivity index (χ1n) is 7.05. The number of alkyl halides is 3. The van der Waals surface area contributed by atoms with E-state index in [1.54, 1.807) is 16.9 Å². The molecule has 0 aliphatic heterocycles. The Bertz CT molecular complexity index is 887. The van der Waals surface area contributed by atoms with Crippen LogP contribution < -0.4 is 5.32 Å². The molecule has 0 aliphatic rings. The molecule has 0 saturated carbocycles. The van der Waals surface area contributed by atoms with E-state index in [0.717, 1.165) is 17.7 Å². The number of aromatic nitrogens is 2. The van der Waals surface area contributed by atoms with Gasteiger partial charge < -0.3 is 5.32 Å². The number of nitrogens with zero attached hydrogens (tertiary/aromatic N) is 2. The lowest BCUT2D eigenvalue weighted by Gasteiger charge is -2.08. The maximum absolute atomic E-state index is 12.5. The Labute approximate surface area is 149 Å². The summed E-state index contributed by atoms with van der Waals surface area (Å²) in [5, 5.41) is 8.98. The fourth-order valence-electron chi connectivity index (χ4n) is 2.12. The molecule has 0 bridgehead atoms. The Morgan fingerprint density at radius 2 is 2.00 bits per heavy atom. The molecule has 4 nitrogen and oxygen atoms in total. The lowest BCUT2D eigenvalue weighted by molar-refractivity contribution is -0.137. The Hall–Kier alpha value is -2.32. The van der Waals surface area contributed by atoms with Crippen LogP contribution in [0.4, 0.5) is 18.9 Å². The molecule has 0 aliphatic carbocycles. The molecule has 130 valence electrons. The predicted molar refractivity (Wildman–Crippen MR) is 90.1 cm³/mol. The molecule has 1 amide bonds. The van der Waals surface area contributed by atoms with E-state index in [9.17, 15) is 18.0 Å². The van der Waals surface area contributed by atoms with Crippen LogP contribution in [0, 0.1) is 0 Å². The van der Waals surface area contributed by atoms with Gasteiger partial charge in [-0.2, -0.15) is 18.3 Å². The smallest absolute Gasteiger partial charge is 0.321 e. The van der Waals surface area contributed by atoms with Gasteiger partial charge >= 0.3 is 6.18 Å². The number of carbonyl (C=O) groups is 1. The minimum Gasteiger partial charge on any atom is -0.321 e. The molecule has 1 aromatic carbocycles. The van der Waals surface area contributed by atoms with Gasteiger partial charge in [-0.3, -0.25) is 9.48 Å². The molecule has 2 heterocycles. The lowest BCUT2D eigenvalue weighted by Crippen LogP contribution is -2.11. The Morgan fingerprint density at radius 3 is 2.60 bits per heavy atom. The van der Waals surface area contributed by atoms with Crippen LogP contribution in [0.15, 0.2) is 48.1 Å². The summed E-state index contributed by atoms with van der Waals surface area (Å²) in [5.41, 5.74) is 0.413. The minimum absolute atomic E-state index is 0.298. The Morgan fingerprint density at radius 1 is 1.28 bits per heavy atom. The molecule has 0 spiro atoms. The number of hydrogen-bond acceptors (Lipinski definition) is 3.